The van der Waals surface area contributed by atoms with E-state index in [1.165, 1.54) is 12.1 Å². The van der Waals surface area contributed by atoms with E-state index < -0.39 is 0 Å². The first-order valence-corrected chi connectivity index (χ1v) is 6.99. The zero-order valence-corrected chi connectivity index (χ0v) is 11.9. The summed E-state index contributed by atoms with van der Waals surface area (Å²) in [5.41, 5.74) is 1.28. The number of benzene rings is 1. The average molecular weight is 265 g/mol. The molecule has 0 amide bonds. The standard InChI is InChI=1S/C15H24FN3/c1-15(2,19-9-7-17-8-10-19)12-18-11-13-3-5-14(16)6-4-13/h3-6,17-18H,7-12H2,1-2H3. The molecule has 1 saturated heterocycles. The number of piperazine rings is 1. The molecule has 106 valence electrons. The van der Waals surface area contributed by atoms with Crippen molar-refractivity contribution >= 4 is 0 Å². The van der Waals surface area contributed by atoms with Gasteiger partial charge in [0, 0.05) is 44.8 Å². The molecule has 1 aromatic rings. The van der Waals surface area contributed by atoms with E-state index in [4.69, 9.17) is 0 Å². The molecule has 1 aromatic carbocycles. The van der Waals surface area contributed by atoms with Crippen LogP contribution in [0.1, 0.15) is 19.4 Å². The molecule has 0 atom stereocenters. The van der Waals surface area contributed by atoms with Crippen LogP contribution in [-0.4, -0.2) is 43.2 Å². The monoisotopic (exact) mass is 265 g/mol. The van der Waals surface area contributed by atoms with Gasteiger partial charge < -0.3 is 10.6 Å². The van der Waals surface area contributed by atoms with Gasteiger partial charge in [0.25, 0.3) is 0 Å². The minimum atomic E-state index is -0.176. The second-order valence-electron chi connectivity index (χ2n) is 5.78. The van der Waals surface area contributed by atoms with E-state index in [0.717, 1.165) is 44.8 Å². The van der Waals surface area contributed by atoms with Gasteiger partial charge >= 0.3 is 0 Å². The van der Waals surface area contributed by atoms with Crippen molar-refractivity contribution in [3.8, 4) is 0 Å². The number of hydrogen-bond acceptors (Lipinski definition) is 3. The predicted molar refractivity (Wildman–Crippen MR) is 76.6 cm³/mol. The number of nitrogens with zero attached hydrogens (tertiary/aromatic N) is 1. The lowest BCUT2D eigenvalue weighted by atomic mass is 10.0. The Bertz CT molecular complexity index is 383. The molecule has 0 bridgehead atoms. The largest absolute Gasteiger partial charge is 0.314 e. The molecule has 0 aromatic heterocycles. The first-order chi connectivity index (χ1) is 9.08. The fourth-order valence-corrected chi connectivity index (χ4v) is 2.50. The smallest absolute Gasteiger partial charge is 0.123 e. The summed E-state index contributed by atoms with van der Waals surface area (Å²) < 4.78 is 12.8. The number of nitrogens with one attached hydrogen (secondary N) is 2. The van der Waals surface area contributed by atoms with Crippen LogP contribution in [-0.2, 0) is 6.54 Å². The van der Waals surface area contributed by atoms with Gasteiger partial charge in [-0.1, -0.05) is 12.1 Å². The highest BCUT2D eigenvalue weighted by Crippen LogP contribution is 2.14. The van der Waals surface area contributed by atoms with Gasteiger partial charge in [0.15, 0.2) is 0 Å². The van der Waals surface area contributed by atoms with Gasteiger partial charge in [0.1, 0.15) is 5.82 Å². The molecule has 2 N–H and O–H groups in total. The van der Waals surface area contributed by atoms with Crippen molar-refractivity contribution in [3.63, 3.8) is 0 Å². The third-order valence-corrected chi connectivity index (χ3v) is 3.77. The van der Waals surface area contributed by atoms with Crippen molar-refractivity contribution in [3.05, 3.63) is 35.6 Å². The number of rotatable bonds is 5. The Kier molecular flexibility index (Phi) is 4.91. The van der Waals surface area contributed by atoms with Crippen LogP contribution in [0.15, 0.2) is 24.3 Å². The normalized spacial score (nSPS) is 17.6. The summed E-state index contributed by atoms with van der Waals surface area (Å²) in [6, 6.07) is 6.69. The topological polar surface area (TPSA) is 27.3 Å². The fourth-order valence-electron chi connectivity index (χ4n) is 2.50. The van der Waals surface area contributed by atoms with E-state index >= 15 is 0 Å². The quantitative estimate of drug-likeness (QED) is 0.847. The molecule has 0 radical (unpaired) electrons. The van der Waals surface area contributed by atoms with Crippen molar-refractivity contribution in [2.75, 3.05) is 32.7 Å². The van der Waals surface area contributed by atoms with Crippen molar-refractivity contribution in [1.82, 2.24) is 15.5 Å². The maximum absolute atomic E-state index is 12.8. The lowest BCUT2D eigenvalue weighted by Crippen LogP contribution is -2.57. The summed E-state index contributed by atoms with van der Waals surface area (Å²) in [7, 11) is 0. The van der Waals surface area contributed by atoms with Gasteiger partial charge in [-0.05, 0) is 31.5 Å². The average Bonchev–Trinajstić information content (AvgIpc) is 2.42. The highest BCUT2D eigenvalue weighted by Gasteiger charge is 2.27. The van der Waals surface area contributed by atoms with Crippen LogP contribution >= 0.6 is 0 Å². The molecule has 1 aliphatic rings. The van der Waals surface area contributed by atoms with Gasteiger partial charge in [-0.3, -0.25) is 4.90 Å². The van der Waals surface area contributed by atoms with Crippen molar-refractivity contribution < 1.29 is 4.39 Å². The van der Waals surface area contributed by atoms with E-state index in [-0.39, 0.29) is 11.4 Å². The SMILES string of the molecule is CC(C)(CNCc1ccc(F)cc1)N1CCNCC1. The van der Waals surface area contributed by atoms with E-state index in [9.17, 15) is 4.39 Å². The fraction of sp³-hybridized carbons (Fsp3) is 0.600. The molecular formula is C15H24FN3. The Morgan fingerprint density at radius 3 is 2.47 bits per heavy atom. The molecule has 4 heteroatoms. The molecule has 1 aliphatic heterocycles. The maximum Gasteiger partial charge on any atom is 0.123 e. The first kappa shape index (κ1) is 14.4. The second-order valence-corrected chi connectivity index (χ2v) is 5.78. The highest BCUT2D eigenvalue weighted by atomic mass is 19.1. The second kappa shape index (κ2) is 6.46. The summed E-state index contributed by atoms with van der Waals surface area (Å²) in [6.45, 7) is 10.6. The van der Waals surface area contributed by atoms with Crippen molar-refractivity contribution in [2.24, 2.45) is 0 Å². The molecule has 0 unspecified atom stereocenters. The maximum atomic E-state index is 12.8. The predicted octanol–water partition coefficient (Wildman–Crippen LogP) is 1.60. The molecular weight excluding hydrogens is 241 g/mol. The molecule has 0 saturated carbocycles. The van der Waals surface area contributed by atoms with Crippen LogP contribution in [0.5, 0.6) is 0 Å². The summed E-state index contributed by atoms with van der Waals surface area (Å²) in [5, 5.41) is 6.85. The highest BCUT2D eigenvalue weighted by molar-refractivity contribution is 5.15. The number of halogens is 1. The van der Waals surface area contributed by atoms with Crippen LogP contribution in [0.2, 0.25) is 0 Å². The minimum Gasteiger partial charge on any atom is -0.314 e. The third kappa shape index (κ3) is 4.27. The van der Waals surface area contributed by atoms with Crippen LogP contribution < -0.4 is 10.6 Å². The molecule has 1 fully saturated rings. The molecule has 2 rings (SSSR count). The molecule has 19 heavy (non-hydrogen) atoms. The third-order valence-electron chi connectivity index (χ3n) is 3.77. The number of hydrogen-bond donors (Lipinski definition) is 2. The minimum absolute atomic E-state index is 0.155. The molecule has 0 aliphatic carbocycles. The van der Waals surface area contributed by atoms with E-state index in [0.29, 0.717) is 0 Å². The summed E-state index contributed by atoms with van der Waals surface area (Å²) in [4.78, 5) is 2.52. The van der Waals surface area contributed by atoms with Crippen molar-refractivity contribution in [2.45, 2.75) is 25.9 Å². The molecule has 1 heterocycles. The summed E-state index contributed by atoms with van der Waals surface area (Å²) >= 11 is 0. The Morgan fingerprint density at radius 2 is 1.84 bits per heavy atom. The van der Waals surface area contributed by atoms with Gasteiger partial charge in [-0.2, -0.15) is 0 Å². The van der Waals surface area contributed by atoms with E-state index in [1.807, 2.05) is 12.1 Å². The van der Waals surface area contributed by atoms with Gasteiger partial charge in [-0.25, -0.2) is 4.39 Å². The van der Waals surface area contributed by atoms with E-state index in [2.05, 4.69) is 29.4 Å². The zero-order chi connectivity index (χ0) is 13.7. The Morgan fingerprint density at radius 1 is 1.21 bits per heavy atom. The van der Waals surface area contributed by atoms with E-state index in [1.54, 1.807) is 0 Å². The lowest BCUT2D eigenvalue weighted by molar-refractivity contribution is 0.102. The van der Waals surface area contributed by atoms with Gasteiger partial charge in [-0.15, -0.1) is 0 Å². The van der Waals surface area contributed by atoms with Crippen LogP contribution in [0, 0.1) is 5.82 Å². The Labute approximate surface area is 115 Å². The molecule has 3 nitrogen and oxygen atoms in total. The van der Waals surface area contributed by atoms with Gasteiger partial charge in [0.05, 0.1) is 0 Å². The van der Waals surface area contributed by atoms with Gasteiger partial charge in [0.2, 0.25) is 0 Å². The van der Waals surface area contributed by atoms with Crippen molar-refractivity contribution in [1.29, 1.82) is 0 Å². The first-order valence-electron chi connectivity index (χ1n) is 6.99. The van der Waals surface area contributed by atoms with Crippen LogP contribution in [0.4, 0.5) is 4.39 Å². The molecule has 0 spiro atoms. The Hall–Kier alpha value is -0.970. The zero-order valence-electron chi connectivity index (χ0n) is 11.9. The van der Waals surface area contributed by atoms with Crippen LogP contribution in [0.25, 0.3) is 0 Å². The summed E-state index contributed by atoms with van der Waals surface area (Å²) in [6.07, 6.45) is 0. The summed E-state index contributed by atoms with van der Waals surface area (Å²) in [5.74, 6) is -0.176. The lowest BCUT2D eigenvalue weighted by Gasteiger charge is -2.41. The Balaban J connectivity index is 1.78. The van der Waals surface area contributed by atoms with Crippen LogP contribution in [0.3, 0.4) is 0 Å².